The largest absolute Gasteiger partial charge is 0.348 e. The lowest BCUT2D eigenvalue weighted by molar-refractivity contribution is 0.0949. The van der Waals surface area contributed by atoms with Gasteiger partial charge in [-0.25, -0.2) is 9.67 Å². The van der Waals surface area contributed by atoms with Gasteiger partial charge in [-0.2, -0.15) is 5.10 Å². The van der Waals surface area contributed by atoms with Gasteiger partial charge in [0.15, 0.2) is 0 Å². The maximum atomic E-state index is 12.8. The van der Waals surface area contributed by atoms with E-state index in [1.165, 1.54) is 6.33 Å². The fourth-order valence-electron chi connectivity index (χ4n) is 3.47. The summed E-state index contributed by atoms with van der Waals surface area (Å²) in [6.45, 7) is 2.37. The van der Waals surface area contributed by atoms with E-state index in [4.69, 9.17) is 0 Å². The van der Waals surface area contributed by atoms with E-state index >= 15 is 0 Å². The average Bonchev–Trinajstić information content (AvgIpc) is 3.40. The number of aromatic nitrogens is 3. The number of carbonyl (C=O) groups is 1. The summed E-state index contributed by atoms with van der Waals surface area (Å²) in [4.78, 5) is 16.8. The molecule has 132 valence electrons. The Morgan fingerprint density at radius 3 is 2.85 bits per heavy atom. The highest BCUT2D eigenvalue weighted by molar-refractivity contribution is 5.95. The highest BCUT2D eigenvalue weighted by Crippen LogP contribution is 2.25. The molecule has 2 N–H and O–H groups in total. The zero-order valence-corrected chi connectivity index (χ0v) is 14.4. The van der Waals surface area contributed by atoms with Crippen molar-refractivity contribution in [3.05, 3.63) is 77.9 Å². The minimum Gasteiger partial charge on any atom is -0.348 e. The summed E-state index contributed by atoms with van der Waals surface area (Å²) in [5, 5.41) is 10.6. The molecule has 1 aliphatic heterocycles. The Balaban J connectivity index is 1.52. The summed E-state index contributed by atoms with van der Waals surface area (Å²) in [6, 6.07) is 15.8. The van der Waals surface area contributed by atoms with Crippen molar-refractivity contribution < 1.29 is 4.79 Å². The van der Waals surface area contributed by atoms with Gasteiger partial charge in [-0.3, -0.25) is 4.79 Å². The molecule has 2 aromatic carbocycles. The molecule has 1 saturated heterocycles. The molecule has 1 aromatic heterocycles. The Kier molecular flexibility index (Phi) is 4.75. The van der Waals surface area contributed by atoms with Gasteiger partial charge in [-0.15, -0.1) is 0 Å². The van der Waals surface area contributed by atoms with Crippen LogP contribution in [0.4, 0.5) is 0 Å². The van der Waals surface area contributed by atoms with Crippen LogP contribution in [0.15, 0.2) is 61.2 Å². The second kappa shape index (κ2) is 7.49. The van der Waals surface area contributed by atoms with E-state index in [9.17, 15) is 4.79 Å². The van der Waals surface area contributed by atoms with E-state index in [1.807, 2.05) is 42.5 Å². The van der Waals surface area contributed by atoms with E-state index in [2.05, 4.69) is 26.8 Å². The van der Waals surface area contributed by atoms with Crippen LogP contribution >= 0.6 is 0 Å². The number of carbonyl (C=O) groups excluding carboxylic acids is 1. The zero-order valence-electron chi connectivity index (χ0n) is 14.4. The Morgan fingerprint density at radius 2 is 2.04 bits per heavy atom. The third-order valence-electron chi connectivity index (χ3n) is 4.80. The molecule has 2 heterocycles. The normalized spacial score (nSPS) is 16.5. The van der Waals surface area contributed by atoms with Crippen LogP contribution in [0.3, 0.4) is 0 Å². The molecule has 1 fully saturated rings. The third kappa shape index (κ3) is 3.36. The molecule has 4 rings (SSSR count). The molecule has 1 atom stereocenters. The van der Waals surface area contributed by atoms with E-state index in [0.29, 0.717) is 12.5 Å². The zero-order chi connectivity index (χ0) is 17.8. The first-order valence-electron chi connectivity index (χ1n) is 8.83. The molecule has 1 amide bonds. The number of rotatable bonds is 5. The van der Waals surface area contributed by atoms with Crippen molar-refractivity contribution in [2.45, 2.75) is 18.9 Å². The molecule has 0 spiro atoms. The van der Waals surface area contributed by atoms with Gasteiger partial charge in [0.1, 0.15) is 12.7 Å². The van der Waals surface area contributed by atoms with Crippen molar-refractivity contribution in [3.63, 3.8) is 0 Å². The maximum Gasteiger partial charge on any atom is 0.251 e. The summed E-state index contributed by atoms with van der Waals surface area (Å²) in [7, 11) is 0. The molecule has 0 radical (unpaired) electrons. The lowest BCUT2D eigenvalue weighted by atomic mass is 9.93. The van der Waals surface area contributed by atoms with Crippen molar-refractivity contribution in [2.75, 3.05) is 13.1 Å². The van der Waals surface area contributed by atoms with Crippen LogP contribution in [0.1, 0.15) is 33.8 Å². The fourth-order valence-corrected chi connectivity index (χ4v) is 3.47. The molecule has 0 saturated carbocycles. The molecule has 0 bridgehead atoms. The summed E-state index contributed by atoms with van der Waals surface area (Å²) >= 11 is 0. The van der Waals surface area contributed by atoms with Crippen molar-refractivity contribution >= 4 is 5.91 Å². The van der Waals surface area contributed by atoms with Crippen molar-refractivity contribution in [2.24, 2.45) is 0 Å². The molecule has 3 aromatic rings. The summed E-state index contributed by atoms with van der Waals surface area (Å²) < 4.78 is 1.71. The molecule has 1 aliphatic rings. The minimum atomic E-state index is -0.0408. The van der Waals surface area contributed by atoms with Crippen molar-refractivity contribution in [1.82, 2.24) is 25.4 Å². The first-order valence-corrected chi connectivity index (χ1v) is 8.83. The third-order valence-corrected chi connectivity index (χ3v) is 4.80. The Morgan fingerprint density at radius 1 is 1.19 bits per heavy atom. The van der Waals surface area contributed by atoms with Gasteiger partial charge in [-0.05, 0) is 42.1 Å². The number of para-hydroxylation sites is 1. The second-order valence-electron chi connectivity index (χ2n) is 6.43. The van der Waals surface area contributed by atoms with E-state index in [0.717, 1.165) is 41.9 Å². The quantitative estimate of drug-likeness (QED) is 0.743. The average molecular weight is 347 g/mol. The Hall–Kier alpha value is -2.99. The SMILES string of the molecule is O=C(NCc1ccccc1-n1cncn1)c1ccccc1C1CCNC1. The topological polar surface area (TPSA) is 71.8 Å². The second-order valence-corrected chi connectivity index (χ2v) is 6.43. The predicted octanol–water partition coefficient (Wildman–Crippen LogP) is 2.27. The van der Waals surface area contributed by atoms with Gasteiger partial charge in [0.2, 0.25) is 0 Å². The molecule has 6 heteroatoms. The van der Waals surface area contributed by atoms with Crippen LogP contribution < -0.4 is 10.6 Å². The molecular formula is C20H21N5O. The number of hydrogen-bond acceptors (Lipinski definition) is 4. The smallest absolute Gasteiger partial charge is 0.251 e. The van der Waals surface area contributed by atoms with Crippen LogP contribution in [-0.2, 0) is 6.54 Å². The first kappa shape index (κ1) is 16.5. The van der Waals surface area contributed by atoms with E-state index in [-0.39, 0.29) is 5.91 Å². The maximum absolute atomic E-state index is 12.8. The summed E-state index contributed by atoms with van der Waals surface area (Å²) in [6.07, 6.45) is 4.23. The van der Waals surface area contributed by atoms with Gasteiger partial charge in [0.25, 0.3) is 5.91 Å². The number of nitrogens with one attached hydrogen (secondary N) is 2. The number of amides is 1. The highest BCUT2D eigenvalue weighted by atomic mass is 16.1. The number of hydrogen-bond donors (Lipinski definition) is 2. The molecule has 1 unspecified atom stereocenters. The van der Waals surface area contributed by atoms with Crippen LogP contribution in [-0.4, -0.2) is 33.8 Å². The lowest BCUT2D eigenvalue weighted by Crippen LogP contribution is -2.25. The first-order chi connectivity index (χ1) is 12.8. The fraction of sp³-hybridized carbons (Fsp3) is 0.250. The number of benzene rings is 2. The van der Waals surface area contributed by atoms with E-state index < -0.39 is 0 Å². The highest BCUT2D eigenvalue weighted by Gasteiger charge is 2.22. The van der Waals surface area contributed by atoms with Gasteiger partial charge in [0.05, 0.1) is 5.69 Å². The molecule has 26 heavy (non-hydrogen) atoms. The molecular weight excluding hydrogens is 326 g/mol. The van der Waals surface area contributed by atoms with Crippen molar-refractivity contribution in [1.29, 1.82) is 0 Å². The molecule has 6 nitrogen and oxygen atoms in total. The standard InChI is InChI=1S/C20H21N5O/c26-20(18-7-3-2-6-17(18)15-9-10-21-11-15)23-12-16-5-1-4-8-19(16)25-14-22-13-24-25/h1-8,13-15,21H,9-12H2,(H,23,26). The van der Waals surface area contributed by atoms with Crippen LogP contribution in [0.25, 0.3) is 5.69 Å². The summed E-state index contributed by atoms with van der Waals surface area (Å²) in [5.74, 6) is 0.361. The Labute approximate surface area is 152 Å². The van der Waals surface area contributed by atoms with Gasteiger partial charge in [0, 0.05) is 18.7 Å². The van der Waals surface area contributed by atoms with Crippen LogP contribution in [0, 0.1) is 0 Å². The van der Waals surface area contributed by atoms with Gasteiger partial charge < -0.3 is 10.6 Å². The minimum absolute atomic E-state index is 0.0408. The van der Waals surface area contributed by atoms with Crippen LogP contribution in [0.2, 0.25) is 0 Å². The van der Waals surface area contributed by atoms with E-state index in [1.54, 1.807) is 11.0 Å². The summed E-state index contributed by atoms with van der Waals surface area (Å²) in [5.41, 5.74) is 3.80. The lowest BCUT2D eigenvalue weighted by Gasteiger charge is -2.15. The monoisotopic (exact) mass is 347 g/mol. The number of nitrogens with zero attached hydrogens (tertiary/aromatic N) is 3. The van der Waals surface area contributed by atoms with Gasteiger partial charge in [-0.1, -0.05) is 36.4 Å². The molecule has 0 aliphatic carbocycles. The predicted molar refractivity (Wildman–Crippen MR) is 99.2 cm³/mol. The Bertz CT molecular complexity index is 885. The van der Waals surface area contributed by atoms with Gasteiger partial charge >= 0.3 is 0 Å². The van der Waals surface area contributed by atoms with Crippen LogP contribution in [0.5, 0.6) is 0 Å². The van der Waals surface area contributed by atoms with Crippen molar-refractivity contribution in [3.8, 4) is 5.69 Å².